The van der Waals surface area contributed by atoms with Gasteiger partial charge in [-0.3, -0.25) is 9.78 Å². The number of aromatic nitrogens is 2. The van der Waals surface area contributed by atoms with Crippen molar-refractivity contribution in [3.63, 3.8) is 0 Å². The number of benzene rings is 1. The van der Waals surface area contributed by atoms with Gasteiger partial charge in [0.25, 0.3) is 5.91 Å². The minimum absolute atomic E-state index is 0.0343. The van der Waals surface area contributed by atoms with Crippen molar-refractivity contribution in [3.8, 4) is 5.88 Å². The average Bonchev–Trinajstić information content (AvgIpc) is 2.70. The number of nitrogens with zero attached hydrogens (tertiary/aromatic N) is 3. The summed E-state index contributed by atoms with van der Waals surface area (Å²) in [6, 6.07) is 15.3. The lowest BCUT2D eigenvalue weighted by Crippen LogP contribution is -2.42. The van der Waals surface area contributed by atoms with E-state index in [1.165, 1.54) is 0 Å². The average molecular weight is 346 g/mol. The summed E-state index contributed by atoms with van der Waals surface area (Å²) in [6.45, 7) is 1.58. The van der Waals surface area contributed by atoms with Gasteiger partial charge in [-0.05, 0) is 41.5 Å². The van der Waals surface area contributed by atoms with Gasteiger partial charge in [-0.25, -0.2) is 4.98 Å². The van der Waals surface area contributed by atoms with Crippen LogP contribution in [0.4, 0.5) is 5.69 Å². The molecule has 0 spiro atoms. The lowest BCUT2D eigenvalue weighted by atomic mass is 10.1. The Kier molecular flexibility index (Phi) is 4.47. The predicted molar refractivity (Wildman–Crippen MR) is 97.8 cm³/mol. The van der Waals surface area contributed by atoms with E-state index in [-0.39, 0.29) is 5.91 Å². The number of hydrogen-bond acceptors (Lipinski definition) is 5. The van der Waals surface area contributed by atoms with Gasteiger partial charge >= 0.3 is 0 Å². The molecule has 0 saturated heterocycles. The normalized spacial score (nSPS) is 13.1. The number of carbonyl (C=O) groups excluding carboxylic acids is 1. The predicted octanol–water partition coefficient (Wildman–Crippen LogP) is 2.76. The second kappa shape index (κ2) is 7.23. The molecule has 0 bridgehead atoms. The third-order valence-corrected chi connectivity index (χ3v) is 4.23. The molecule has 0 aliphatic carbocycles. The maximum atomic E-state index is 12.0. The van der Waals surface area contributed by atoms with E-state index >= 15 is 0 Å². The Labute approximate surface area is 151 Å². The van der Waals surface area contributed by atoms with Crippen LogP contribution in [0.3, 0.4) is 0 Å². The fourth-order valence-corrected chi connectivity index (χ4v) is 2.91. The largest absolute Gasteiger partial charge is 0.473 e. The van der Waals surface area contributed by atoms with E-state index in [1.807, 2.05) is 48.5 Å². The van der Waals surface area contributed by atoms with Crippen LogP contribution in [0.25, 0.3) is 0 Å². The third-order valence-electron chi connectivity index (χ3n) is 4.23. The Morgan fingerprint density at radius 1 is 1.04 bits per heavy atom. The molecule has 3 heterocycles. The van der Waals surface area contributed by atoms with Crippen LogP contribution in [0.5, 0.6) is 5.88 Å². The van der Waals surface area contributed by atoms with Crippen LogP contribution in [-0.4, -0.2) is 22.5 Å². The van der Waals surface area contributed by atoms with Gasteiger partial charge in [0.1, 0.15) is 6.61 Å². The molecule has 6 nitrogen and oxygen atoms in total. The summed E-state index contributed by atoms with van der Waals surface area (Å²) in [5.74, 6) is 0.543. The Morgan fingerprint density at radius 3 is 2.73 bits per heavy atom. The molecule has 0 radical (unpaired) electrons. The van der Waals surface area contributed by atoms with Gasteiger partial charge in [-0.15, -0.1) is 0 Å². The molecule has 130 valence electrons. The number of hydrogen-bond donors (Lipinski definition) is 1. The van der Waals surface area contributed by atoms with Crippen LogP contribution in [-0.2, 0) is 13.2 Å². The highest BCUT2D eigenvalue weighted by molar-refractivity contribution is 6.01. The van der Waals surface area contributed by atoms with Gasteiger partial charge in [0.05, 0.1) is 17.9 Å². The molecule has 0 saturated carbocycles. The molecule has 0 fully saturated rings. The minimum Gasteiger partial charge on any atom is -0.473 e. The Bertz CT molecular complexity index is 914. The Hall–Kier alpha value is -3.41. The quantitative estimate of drug-likeness (QED) is 0.769. The number of ether oxygens (including phenoxy) is 1. The van der Waals surface area contributed by atoms with E-state index in [9.17, 15) is 4.79 Å². The molecule has 0 unspecified atom stereocenters. The first kappa shape index (κ1) is 16.1. The number of fused-ring (bicyclic) bond motifs is 1. The van der Waals surface area contributed by atoms with Crippen molar-refractivity contribution in [1.82, 2.24) is 15.3 Å². The van der Waals surface area contributed by atoms with Crippen molar-refractivity contribution in [2.24, 2.45) is 0 Å². The first-order valence-electron chi connectivity index (χ1n) is 8.38. The molecule has 0 atom stereocenters. The van der Waals surface area contributed by atoms with Crippen molar-refractivity contribution < 1.29 is 9.53 Å². The smallest absolute Gasteiger partial charge is 0.254 e. The van der Waals surface area contributed by atoms with Crippen molar-refractivity contribution in [2.75, 3.05) is 11.6 Å². The van der Waals surface area contributed by atoms with E-state index in [0.717, 1.165) is 16.8 Å². The number of carbonyl (C=O) groups is 1. The summed E-state index contributed by atoms with van der Waals surface area (Å²) in [5.41, 5.74) is 3.74. The zero-order valence-corrected chi connectivity index (χ0v) is 14.1. The second-order valence-electron chi connectivity index (χ2n) is 6.03. The molecule has 1 aromatic carbocycles. The van der Waals surface area contributed by atoms with E-state index < -0.39 is 0 Å². The minimum atomic E-state index is -0.0343. The molecule has 2 aromatic heterocycles. The number of pyridine rings is 2. The number of anilines is 1. The zero-order valence-electron chi connectivity index (χ0n) is 14.1. The van der Waals surface area contributed by atoms with E-state index in [4.69, 9.17) is 4.74 Å². The fourth-order valence-electron chi connectivity index (χ4n) is 2.91. The zero-order chi connectivity index (χ0) is 17.8. The second-order valence-corrected chi connectivity index (χ2v) is 6.03. The molecule has 1 aliphatic rings. The highest BCUT2D eigenvalue weighted by Gasteiger charge is 2.21. The van der Waals surface area contributed by atoms with Gasteiger partial charge in [-0.2, -0.15) is 0 Å². The van der Waals surface area contributed by atoms with Crippen molar-refractivity contribution in [3.05, 3.63) is 83.8 Å². The summed E-state index contributed by atoms with van der Waals surface area (Å²) < 4.78 is 5.78. The fraction of sp³-hybridized carbons (Fsp3) is 0.150. The van der Waals surface area contributed by atoms with E-state index in [0.29, 0.717) is 31.3 Å². The van der Waals surface area contributed by atoms with Gasteiger partial charge < -0.3 is 15.0 Å². The van der Waals surface area contributed by atoms with Crippen LogP contribution in [0.1, 0.15) is 21.5 Å². The van der Waals surface area contributed by atoms with E-state index in [1.54, 1.807) is 18.6 Å². The first-order valence-corrected chi connectivity index (χ1v) is 8.38. The highest BCUT2D eigenvalue weighted by atomic mass is 16.5. The number of rotatable bonds is 5. The van der Waals surface area contributed by atoms with Gasteiger partial charge in [0, 0.05) is 31.2 Å². The van der Waals surface area contributed by atoms with Crippen molar-refractivity contribution in [1.29, 1.82) is 0 Å². The first-order chi connectivity index (χ1) is 12.8. The SMILES string of the molecule is O=C1NCN(Cc2ccnc(OCc3ccncc3)c2)c2ccccc21. The third kappa shape index (κ3) is 3.49. The lowest BCUT2D eigenvalue weighted by molar-refractivity contribution is 0.0947. The molecule has 1 amide bonds. The Balaban J connectivity index is 1.48. The molecule has 26 heavy (non-hydrogen) atoms. The summed E-state index contributed by atoms with van der Waals surface area (Å²) in [4.78, 5) is 22.4. The molecule has 1 N–H and O–H groups in total. The topological polar surface area (TPSA) is 67.4 Å². The molecular formula is C20H18N4O2. The molecule has 1 aliphatic heterocycles. The number of amides is 1. The summed E-state index contributed by atoms with van der Waals surface area (Å²) in [7, 11) is 0. The van der Waals surface area contributed by atoms with Gasteiger partial charge in [0.2, 0.25) is 5.88 Å². The van der Waals surface area contributed by atoms with Crippen LogP contribution < -0.4 is 15.0 Å². The maximum absolute atomic E-state index is 12.0. The molecule has 3 aromatic rings. The van der Waals surface area contributed by atoms with Crippen LogP contribution in [0, 0.1) is 0 Å². The maximum Gasteiger partial charge on any atom is 0.254 e. The van der Waals surface area contributed by atoms with Gasteiger partial charge in [0.15, 0.2) is 0 Å². The van der Waals surface area contributed by atoms with Crippen molar-refractivity contribution >= 4 is 11.6 Å². The number of para-hydroxylation sites is 1. The summed E-state index contributed by atoms with van der Waals surface area (Å²) in [6.07, 6.45) is 5.22. The van der Waals surface area contributed by atoms with Crippen LogP contribution >= 0.6 is 0 Å². The number of nitrogens with one attached hydrogen (secondary N) is 1. The van der Waals surface area contributed by atoms with Gasteiger partial charge in [-0.1, -0.05) is 12.1 Å². The molecule has 6 heteroatoms. The monoisotopic (exact) mass is 346 g/mol. The van der Waals surface area contributed by atoms with E-state index in [2.05, 4.69) is 20.2 Å². The highest BCUT2D eigenvalue weighted by Crippen LogP contribution is 2.25. The van der Waals surface area contributed by atoms with Crippen LogP contribution in [0.2, 0.25) is 0 Å². The van der Waals surface area contributed by atoms with Crippen LogP contribution in [0.15, 0.2) is 67.1 Å². The van der Waals surface area contributed by atoms with Crippen molar-refractivity contribution in [2.45, 2.75) is 13.2 Å². The summed E-state index contributed by atoms with van der Waals surface area (Å²) >= 11 is 0. The Morgan fingerprint density at radius 2 is 1.85 bits per heavy atom. The lowest BCUT2D eigenvalue weighted by Gasteiger charge is -2.31. The standard InChI is InChI=1S/C20H18N4O2/c25-20-17-3-1-2-4-18(17)24(14-23-20)12-16-7-10-22-19(11-16)26-13-15-5-8-21-9-6-15/h1-11H,12-14H2,(H,23,25). The molecular weight excluding hydrogens is 328 g/mol. The molecule has 4 rings (SSSR count). The summed E-state index contributed by atoms with van der Waals surface area (Å²) in [5, 5.41) is 2.90.